The number of hydrogen-bond donors (Lipinski definition) is 1. The summed E-state index contributed by atoms with van der Waals surface area (Å²) in [6.07, 6.45) is 0. The van der Waals surface area contributed by atoms with Crippen molar-refractivity contribution in [3.8, 4) is 5.75 Å². The number of esters is 2. The second-order valence-electron chi connectivity index (χ2n) is 7.11. The number of benzene rings is 2. The highest BCUT2D eigenvalue weighted by atomic mass is 35.5. The lowest BCUT2D eigenvalue weighted by Crippen LogP contribution is -2.30. The highest BCUT2D eigenvalue weighted by molar-refractivity contribution is 6.32. The number of ketones is 1. The Balaban J connectivity index is 2.01. The van der Waals surface area contributed by atoms with Gasteiger partial charge in [0.05, 0.1) is 5.57 Å². The summed E-state index contributed by atoms with van der Waals surface area (Å²) in [5.41, 5.74) is 2.40. The number of carbonyl (C=O) groups excluding carboxylic acids is 3. The number of dihydropyridines is 1. The molecule has 2 aromatic rings. The molecule has 0 aromatic heterocycles. The molecule has 0 spiro atoms. The van der Waals surface area contributed by atoms with Gasteiger partial charge in [-0.1, -0.05) is 54.1 Å². The minimum atomic E-state index is -0.773. The van der Waals surface area contributed by atoms with E-state index in [0.717, 1.165) is 5.56 Å². The summed E-state index contributed by atoms with van der Waals surface area (Å²) in [7, 11) is 0. The predicted molar refractivity (Wildman–Crippen MR) is 116 cm³/mol. The zero-order valence-electron chi connectivity index (χ0n) is 17.4. The second-order valence-corrected chi connectivity index (χ2v) is 7.49. The maximum absolute atomic E-state index is 13.1. The molecular weight excluding hydrogens is 418 g/mol. The van der Waals surface area contributed by atoms with E-state index in [1.165, 1.54) is 13.8 Å². The third-order valence-electron chi connectivity index (χ3n) is 4.78. The minimum absolute atomic E-state index is 0.0868. The van der Waals surface area contributed by atoms with Crippen molar-refractivity contribution in [2.45, 2.75) is 33.3 Å². The summed E-state index contributed by atoms with van der Waals surface area (Å²) in [5.74, 6) is -1.81. The van der Waals surface area contributed by atoms with E-state index in [4.69, 9.17) is 21.1 Å². The fourth-order valence-electron chi connectivity index (χ4n) is 3.47. The van der Waals surface area contributed by atoms with E-state index in [1.807, 2.05) is 30.3 Å². The van der Waals surface area contributed by atoms with Crippen LogP contribution in [0.15, 0.2) is 76.6 Å². The van der Waals surface area contributed by atoms with Crippen LogP contribution in [0.2, 0.25) is 0 Å². The highest BCUT2D eigenvalue weighted by Gasteiger charge is 2.36. The SMILES string of the molecule is CC(=O)Oc1cccc([C@H]2C(C(=O)OCc3ccccc3)=C(C)NC(Cl)=C2C(C)=O)c1. The lowest BCUT2D eigenvalue weighted by molar-refractivity contribution is -0.140. The summed E-state index contributed by atoms with van der Waals surface area (Å²) in [6, 6.07) is 16.0. The van der Waals surface area contributed by atoms with E-state index in [1.54, 1.807) is 31.2 Å². The lowest BCUT2D eigenvalue weighted by atomic mass is 9.80. The van der Waals surface area contributed by atoms with Crippen molar-refractivity contribution in [2.75, 3.05) is 0 Å². The molecule has 0 radical (unpaired) electrons. The Bertz CT molecular complexity index is 1090. The summed E-state index contributed by atoms with van der Waals surface area (Å²) < 4.78 is 10.7. The van der Waals surface area contributed by atoms with Gasteiger partial charge in [0.2, 0.25) is 0 Å². The molecule has 1 heterocycles. The Morgan fingerprint density at radius 1 is 1.00 bits per heavy atom. The van der Waals surface area contributed by atoms with E-state index in [-0.39, 0.29) is 28.7 Å². The average molecular weight is 440 g/mol. The summed E-state index contributed by atoms with van der Waals surface area (Å²) in [5, 5.41) is 3.05. The normalized spacial score (nSPS) is 15.9. The van der Waals surface area contributed by atoms with E-state index in [0.29, 0.717) is 17.0 Å². The maximum Gasteiger partial charge on any atom is 0.337 e. The van der Waals surface area contributed by atoms with Crippen LogP contribution in [-0.4, -0.2) is 17.7 Å². The molecule has 7 heteroatoms. The molecule has 6 nitrogen and oxygen atoms in total. The minimum Gasteiger partial charge on any atom is -0.457 e. The third kappa shape index (κ3) is 5.22. The van der Waals surface area contributed by atoms with Gasteiger partial charge in [0.25, 0.3) is 0 Å². The first-order valence-corrected chi connectivity index (χ1v) is 10.0. The zero-order chi connectivity index (χ0) is 22.5. The standard InChI is InChI=1S/C24H22ClNO5/c1-14-20(24(29)30-13-17-8-5-4-6-9-17)22(21(15(2)27)23(25)26-14)18-10-7-11-19(12-18)31-16(3)28/h4-12,22,26H,13H2,1-3H3/t22-/m0/s1. The van der Waals surface area contributed by atoms with Crippen molar-refractivity contribution in [3.63, 3.8) is 0 Å². The number of allylic oxidation sites excluding steroid dienone is 2. The molecule has 0 bridgehead atoms. The second kappa shape index (κ2) is 9.62. The van der Waals surface area contributed by atoms with Crippen molar-refractivity contribution in [2.24, 2.45) is 0 Å². The Morgan fingerprint density at radius 2 is 1.71 bits per heavy atom. The zero-order valence-corrected chi connectivity index (χ0v) is 18.2. The molecule has 1 aliphatic heterocycles. The van der Waals surface area contributed by atoms with Gasteiger partial charge >= 0.3 is 11.9 Å². The van der Waals surface area contributed by atoms with Crippen LogP contribution < -0.4 is 10.1 Å². The van der Waals surface area contributed by atoms with Crippen molar-refractivity contribution >= 4 is 29.3 Å². The summed E-state index contributed by atoms with van der Waals surface area (Å²) >= 11 is 6.36. The molecule has 1 N–H and O–H groups in total. The molecule has 0 aliphatic carbocycles. The molecule has 2 aromatic carbocycles. The molecule has 0 saturated carbocycles. The van der Waals surface area contributed by atoms with Crippen LogP contribution in [0.4, 0.5) is 0 Å². The van der Waals surface area contributed by atoms with Gasteiger partial charge in [0.1, 0.15) is 17.5 Å². The molecule has 31 heavy (non-hydrogen) atoms. The smallest absolute Gasteiger partial charge is 0.337 e. The van der Waals surface area contributed by atoms with E-state index in [9.17, 15) is 14.4 Å². The largest absolute Gasteiger partial charge is 0.457 e. The first-order valence-electron chi connectivity index (χ1n) is 9.65. The van der Waals surface area contributed by atoms with Gasteiger partial charge in [-0.3, -0.25) is 9.59 Å². The summed E-state index contributed by atoms with van der Waals surface area (Å²) in [6.45, 7) is 4.46. The lowest BCUT2D eigenvalue weighted by Gasteiger charge is -2.29. The van der Waals surface area contributed by atoms with Crippen molar-refractivity contribution in [3.05, 3.63) is 87.7 Å². The van der Waals surface area contributed by atoms with Gasteiger partial charge in [-0.2, -0.15) is 0 Å². The Morgan fingerprint density at radius 3 is 2.35 bits per heavy atom. The summed E-state index contributed by atoms with van der Waals surface area (Å²) in [4.78, 5) is 37.0. The van der Waals surface area contributed by atoms with Crippen LogP contribution >= 0.6 is 11.6 Å². The van der Waals surface area contributed by atoms with Gasteiger partial charge in [-0.25, -0.2) is 4.79 Å². The number of rotatable bonds is 6. The number of Topliss-reactive ketones (excluding diaryl/α,β-unsaturated/α-hetero) is 1. The molecule has 0 unspecified atom stereocenters. The molecule has 0 saturated heterocycles. The average Bonchev–Trinajstić information content (AvgIpc) is 2.71. The topological polar surface area (TPSA) is 81.7 Å². The van der Waals surface area contributed by atoms with Crippen LogP contribution in [-0.2, 0) is 25.7 Å². The van der Waals surface area contributed by atoms with E-state index < -0.39 is 17.9 Å². The first-order chi connectivity index (χ1) is 14.8. The first kappa shape index (κ1) is 22.3. The fraction of sp³-hybridized carbons (Fsp3) is 0.208. The van der Waals surface area contributed by atoms with Gasteiger partial charge < -0.3 is 14.8 Å². The number of nitrogens with one attached hydrogen (secondary N) is 1. The molecular formula is C24H22ClNO5. The van der Waals surface area contributed by atoms with Crippen molar-refractivity contribution < 1.29 is 23.9 Å². The van der Waals surface area contributed by atoms with Gasteiger partial charge in [-0.15, -0.1) is 0 Å². The van der Waals surface area contributed by atoms with Crippen LogP contribution in [0.3, 0.4) is 0 Å². The van der Waals surface area contributed by atoms with Crippen LogP contribution in [0.5, 0.6) is 5.75 Å². The van der Waals surface area contributed by atoms with Crippen molar-refractivity contribution in [1.82, 2.24) is 5.32 Å². The van der Waals surface area contributed by atoms with Gasteiger partial charge in [-0.05, 0) is 37.1 Å². The van der Waals surface area contributed by atoms with Crippen LogP contribution in [0, 0.1) is 0 Å². The molecule has 160 valence electrons. The third-order valence-corrected chi connectivity index (χ3v) is 5.08. The highest BCUT2D eigenvalue weighted by Crippen LogP contribution is 2.41. The number of carbonyl (C=O) groups is 3. The Hall–Kier alpha value is -3.38. The van der Waals surface area contributed by atoms with Crippen molar-refractivity contribution in [1.29, 1.82) is 0 Å². The monoisotopic (exact) mass is 439 g/mol. The Labute approximate surface area is 185 Å². The Kier molecular flexibility index (Phi) is 6.92. The number of ether oxygens (including phenoxy) is 2. The predicted octanol–water partition coefficient (Wildman–Crippen LogP) is 4.36. The molecule has 1 atom stereocenters. The fourth-order valence-corrected chi connectivity index (χ4v) is 3.86. The molecule has 3 rings (SSSR count). The van der Waals surface area contributed by atoms with E-state index >= 15 is 0 Å². The van der Waals surface area contributed by atoms with Crippen LogP contribution in [0.1, 0.15) is 37.8 Å². The van der Waals surface area contributed by atoms with Crippen LogP contribution in [0.25, 0.3) is 0 Å². The van der Waals surface area contributed by atoms with E-state index in [2.05, 4.69) is 5.32 Å². The van der Waals surface area contributed by atoms with Gasteiger partial charge in [0, 0.05) is 24.1 Å². The molecule has 0 fully saturated rings. The maximum atomic E-state index is 13.1. The number of hydrogen-bond acceptors (Lipinski definition) is 6. The quantitative estimate of drug-likeness (QED) is 0.409. The van der Waals surface area contributed by atoms with Gasteiger partial charge in [0.15, 0.2) is 5.78 Å². The molecule has 0 amide bonds. The number of halogens is 1. The molecule has 1 aliphatic rings.